The maximum Gasteiger partial charge on any atom is 0.408 e. The molecule has 39 heavy (non-hydrogen) atoms. The Morgan fingerprint density at radius 1 is 1.08 bits per heavy atom. The molecular weight excluding hydrogens is 518 g/mol. The van der Waals surface area contributed by atoms with Crippen molar-refractivity contribution in [2.75, 3.05) is 37.6 Å². The first kappa shape index (κ1) is 32.0. The highest BCUT2D eigenvalue weighted by Gasteiger charge is 2.36. The molecular formula is C29H41N3O6S. The molecule has 0 saturated carbocycles. The molecule has 0 aromatic heterocycles. The van der Waals surface area contributed by atoms with Crippen LogP contribution in [0.2, 0.25) is 0 Å². The first-order valence-electron chi connectivity index (χ1n) is 12.8. The summed E-state index contributed by atoms with van der Waals surface area (Å²) < 4.78 is 10.6. The van der Waals surface area contributed by atoms with E-state index < -0.39 is 35.6 Å². The van der Waals surface area contributed by atoms with Gasteiger partial charge in [-0.25, -0.2) is 4.79 Å². The van der Waals surface area contributed by atoms with Gasteiger partial charge in [0.2, 0.25) is 5.91 Å². The van der Waals surface area contributed by atoms with Crippen LogP contribution in [-0.4, -0.2) is 71.8 Å². The summed E-state index contributed by atoms with van der Waals surface area (Å²) in [4.78, 5) is 41.9. The van der Waals surface area contributed by atoms with Crippen LogP contribution < -0.4 is 15.4 Å². The maximum atomic E-state index is 14.0. The second-order valence-corrected chi connectivity index (χ2v) is 11.1. The number of nitrogens with one attached hydrogen (secondary N) is 2. The summed E-state index contributed by atoms with van der Waals surface area (Å²) in [5.74, 6) is 0.294. The quantitative estimate of drug-likeness (QED) is 0.352. The monoisotopic (exact) mass is 559 g/mol. The Morgan fingerprint density at radius 3 is 2.31 bits per heavy atom. The Bertz CT molecular complexity index is 1120. The zero-order valence-corrected chi connectivity index (χ0v) is 24.7. The Hall–Kier alpha value is -3.24. The van der Waals surface area contributed by atoms with Gasteiger partial charge in [0.15, 0.2) is 0 Å². The lowest BCUT2D eigenvalue weighted by Crippen LogP contribution is -2.53. The minimum atomic E-state index is -1.07. The van der Waals surface area contributed by atoms with Crippen molar-refractivity contribution < 1.29 is 29.0 Å². The largest absolute Gasteiger partial charge is 0.497 e. The number of aryl methyl sites for hydroxylation is 1. The molecule has 0 saturated heterocycles. The van der Waals surface area contributed by atoms with Crippen molar-refractivity contribution in [3.63, 3.8) is 0 Å². The number of carbonyl (C=O) groups is 3. The van der Waals surface area contributed by atoms with Gasteiger partial charge in [0, 0.05) is 12.2 Å². The third kappa shape index (κ3) is 9.47. The molecule has 10 heteroatoms. The van der Waals surface area contributed by atoms with E-state index >= 15 is 0 Å². The summed E-state index contributed by atoms with van der Waals surface area (Å²) in [7, 11) is 1.56. The standard InChI is InChI=1S/C29H41N3O6S/c1-19-9-8-10-23(20(19)2)25(26(34)30-21-11-13-22(37-6)14-12-21)32(16-17-33)27(35)24(15-18-39-7)31-28(36)38-29(3,4)5/h8-14,24-25,33H,15-18H2,1-7H3,(H,30,34)(H,31,36). The molecule has 9 nitrogen and oxygen atoms in total. The Balaban J connectivity index is 2.52. The van der Waals surface area contributed by atoms with Crippen LogP contribution in [0.1, 0.15) is 49.9 Å². The minimum absolute atomic E-state index is 0.112. The van der Waals surface area contributed by atoms with Crippen molar-refractivity contribution in [1.29, 1.82) is 0 Å². The third-order valence-electron chi connectivity index (χ3n) is 6.08. The van der Waals surface area contributed by atoms with Crippen LogP contribution in [0.5, 0.6) is 5.75 Å². The molecule has 2 aromatic carbocycles. The Kier molecular flexibility index (Phi) is 12.1. The van der Waals surface area contributed by atoms with Gasteiger partial charge in [-0.15, -0.1) is 0 Å². The number of amides is 3. The van der Waals surface area contributed by atoms with E-state index in [0.29, 0.717) is 29.2 Å². The second-order valence-electron chi connectivity index (χ2n) is 10.1. The third-order valence-corrected chi connectivity index (χ3v) is 6.73. The molecule has 2 unspecified atom stereocenters. The van der Waals surface area contributed by atoms with Gasteiger partial charge in [0.25, 0.3) is 5.91 Å². The van der Waals surface area contributed by atoms with Gasteiger partial charge in [0.05, 0.1) is 13.7 Å². The van der Waals surface area contributed by atoms with Crippen LogP contribution in [-0.2, 0) is 14.3 Å². The highest BCUT2D eigenvalue weighted by atomic mass is 32.2. The number of alkyl carbamates (subject to hydrolysis) is 1. The topological polar surface area (TPSA) is 117 Å². The summed E-state index contributed by atoms with van der Waals surface area (Å²) in [6.07, 6.45) is 1.50. The van der Waals surface area contributed by atoms with Crippen LogP contribution in [0.15, 0.2) is 42.5 Å². The van der Waals surface area contributed by atoms with Gasteiger partial charge in [0.1, 0.15) is 23.4 Å². The van der Waals surface area contributed by atoms with E-state index in [-0.39, 0.29) is 13.2 Å². The molecule has 0 fully saturated rings. The number of anilines is 1. The Labute approximate surface area is 235 Å². The molecule has 0 radical (unpaired) electrons. The molecule has 0 aliphatic carbocycles. The van der Waals surface area contributed by atoms with Crippen molar-refractivity contribution in [3.05, 3.63) is 59.2 Å². The number of nitrogens with zero attached hydrogens (tertiary/aromatic N) is 1. The molecule has 0 heterocycles. The lowest BCUT2D eigenvalue weighted by Gasteiger charge is -2.35. The van der Waals surface area contributed by atoms with E-state index in [0.717, 1.165) is 11.1 Å². The SMILES string of the molecule is COc1ccc(NC(=O)C(c2cccc(C)c2C)N(CCO)C(=O)C(CCSC)NC(=O)OC(C)(C)C)cc1. The van der Waals surface area contributed by atoms with Crippen molar-refractivity contribution >= 4 is 35.4 Å². The van der Waals surface area contributed by atoms with Crippen LogP contribution >= 0.6 is 11.8 Å². The van der Waals surface area contributed by atoms with Gasteiger partial charge in [-0.1, -0.05) is 18.2 Å². The summed E-state index contributed by atoms with van der Waals surface area (Å²) >= 11 is 1.53. The number of benzene rings is 2. The van der Waals surface area contributed by atoms with Gasteiger partial charge in [-0.2, -0.15) is 11.8 Å². The Morgan fingerprint density at radius 2 is 1.74 bits per heavy atom. The van der Waals surface area contributed by atoms with Crippen LogP contribution in [0.25, 0.3) is 0 Å². The summed E-state index contributed by atoms with van der Waals surface area (Å²) in [5, 5.41) is 15.6. The molecule has 2 aromatic rings. The predicted octanol–water partition coefficient (Wildman–Crippen LogP) is 4.46. The van der Waals surface area contributed by atoms with Crippen molar-refractivity contribution in [3.8, 4) is 5.75 Å². The van der Waals surface area contributed by atoms with E-state index in [1.165, 1.54) is 16.7 Å². The number of hydrogen-bond donors (Lipinski definition) is 3. The smallest absolute Gasteiger partial charge is 0.408 e. The number of ether oxygens (including phenoxy) is 2. The lowest BCUT2D eigenvalue weighted by molar-refractivity contribution is -0.141. The van der Waals surface area contributed by atoms with E-state index in [1.54, 1.807) is 58.2 Å². The first-order valence-corrected chi connectivity index (χ1v) is 14.2. The van der Waals surface area contributed by atoms with E-state index in [2.05, 4.69) is 10.6 Å². The van der Waals surface area contributed by atoms with E-state index in [1.807, 2.05) is 32.2 Å². The van der Waals surface area contributed by atoms with Crippen molar-refractivity contribution in [1.82, 2.24) is 10.2 Å². The zero-order chi connectivity index (χ0) is 29.2. The minimum Gasteiger partial charge on any atom is -0.497 e. The number of aliphatic hydroxyl groups excluding tert-OH is 1. The van der Waals surface area contributed by atoms with E-state index in [9.17, 15) is 19.5 Å². The zero-order valence-electron chi connectivity index (χ0n) is 23.9. The number of rotatable bonds is 12. The molecule has 0 spiro atoms. The summed E-state index contributed by atoms with van der Waals surface area (Å²) in [5.41, 5.74) is 2.21. The average Bonchev–Trinajstić information content (AvgIpc) is 2.87. The average molecular weight is 560 g/mol. The fourth-order valence-electron chi connectivity index (χ4n) is 4.02. The number of methoxy groups -OCH3 is 1. The van der Waals surface area contributed by atoms with Crippen LogP contribution in [0.4, 0.5) is 10.5 Å². The molecule has 0 aliphatic heterocycles. The molecule has 3 N–H and O–H groups in total. The molecule has 0 aliphatic rings. The first-order chi connectivity index (χ1) is 18.4. The van der Waals surface area contributed by atoms with Crippen molar-refractivity contribution in [2.24, 2.45) is 0 Å². The normalized spacial score (nSPS) is 12.7. The lowest BCUT2D eigenvalue weighted by atomic mass is 9.95. The molecule has 3 amide bonds. The number of aliphatic hydroxyl groups is 1. The van der Waals surface area contributed by atoms with Crippen molar-refractivity contribution in [2.45, 2.75) is 58.7 Å². The fourth-order valence-corrected chi connectivity index (χ4v) is 4.49. The summed E-state index contributed by atoms with van der Waals surface area (Å²) in [6.45, 7) is 8.56. The number of carbonyl (C=O) groups excluding carboxylic acids is 3. The summed E-state index contributed by atoms with van der Waals surface area (Å²) in [6, 6.07) is 10.4. The maximum absolute atomic E-state index is 14.0. The number of thioether (sulfide) groups is 1. The highest BCUT2D eigenvalue weighted by molar-refractivity contribution is 7.98. The number of hydrogen-bond acceptors (Lipinski definition) is 7. The van der Waals surface area contributed by atoms with Gasteiger partial charge in [-0.3, -0.25) is 9.59 Å². The molecule has 214 valence electrons. The van der Waals surface area contributed by atoms with Gasteiger partial charge >= 0.3 is 6.09 Å². The second kappa shape index (κ2) is 14.8. The molecule has 2 atom stereocenters. The van der Waals surface area contributed by atoms with Crippen LogP contribution in [0.3, 0.4) is 0 Å². The fraction of sp³-hybridized carbons (Fsp3) is 0.483. The predicted molar refractivity (Wildman–Crippen MR) is 155 cm³/mol. The van der Waals surface area contributed by atoms with Crippen LogP contribution in [0, 0.1) is 13.8 Å². The van der Waals surface area contributed by atoms with E-state index in [4.69, 9.17) is 9.47 Å². The highest BCUT2D eigenvalue weighted by Crippen LogP contribution is 2.29. The van der Waals surface area contributed by atoms with Gasteiger partial charge < -0.3 is 30.1 Å². The molecule has 0 bridgehead atoms. The molecule has 2 rings (SSSR count). The van der Waals surface area contributed by atoms with Gasteiger partial charge in [-0.05, 0) is 94.0 Å².